The summed E-state index contributed by atoms with van der Waals surface area (Å²) in [6, 6.07) is 5.97. The van der Waals surface area contributed by atoms with Crippen molar-refractivity contribution in [1.29, 1.82) is 0 Å². The summed E-state index contributed by atoms with van der Waals surface area (Å²) in [5.41, 5.74) is 1.17. The highest BCUT2D eigenvalue weighted by Crippen LogP contribution is 2.12. The third-order valence-electron chi connectivity index (χ3n) is 2.64. The minimum atomic E-state index is -3.69. The third kappa shape index (κ3) is 5.14. The quantitative estimate of drug-likeness (QED) is 0.495. The van der Waals surface area contributed by atoms with Crippen LogP contribution < -0.4 is 5.14 Å². The molecule has 0 unspecified atom stereocenters. The highest BCUT2D eigenvalue weighted by Gasteiger charge is 2.08. The van der Waals surface area contributed by atoms with E-state index in [-0.39, 0.29) is 10.9 Å². The Morgan fingerprint density at radius 3 is 2.40 bits per heavy atom. The number of carbonyl (C=O) groups is 1. The molecule has 0 radical (unpaired) electrons. The van der Waals surface area contributed by atoms with Crippen LogP contribution in [0.25, 0.3) is 6.08 Å². The molecule has 0 aliphatic carbocycles. The van der Waals surface area contributed by atoms with Gasteiger partial charge in [-0.15, -0.1) is 0 Å². The average Bonchev–Trinajstić information content (AvgIpc) is 2.38. The molecule has 0 heterocycles. The third-order valence-corrected chi connectivity index (χ3v) is 3.57. The van der Waals surface area contributed by atoms with Crippen LogP contribution in [0, 0.1) is 0 Å². The van der Waals surface area contributed by atoms with Gasteiger partial charge in [0.2, 0.25) is 10.0 Å². The van der Waals surface area contributed by atoms with Crippen LogP contribution in [-0.4, -0.2) is 21.0 Å². The minimum Gasteiger partial charge on any atom is -0.462 e. The van der Waals surface area contributed by atoms with E-state index in [0.717, 1.165) is 12.8 Å². The van der Waals surface area contributed by atoms with Gasteiger partial charge in [0.05, 0.1) is 11.5 Å². The molecule has 1 aromatic rings. The van der Waals surface area contributed by atoms with E-state index in [4.69, 9.17) is 9.88 Å². The first-order chi connectivity index (χ1) is 9.34. The van der Waals surface area contributed by atoms with Gasteiger partial charge in [0.25, 0.3) is 0 Å². The summed E-state index contributed by atoms with van der Waals surface area (Å²) in [6.45, 7) is 4.08. The highest BCUT2D eigenvalue weighted by molar-refractivity contribution is 7.89. The first-order valence-corrected chi connectivity index (χ1v) is 7.87. The van der Waals surface area contributed by atoms with Crippen LogP contribution in [-0.2, 0) is 19.6 Å². The van der Waals surface area contributed by atoms with Crippen molar-refractivity contribution < 1.29 is 17.9 Å². The number of sulfonamides is 1. The summed E-state index contributed by atoms with van der Waals surface area (Å²) in [7, 11) is -3.69. The van der Waals surface area contributed by atoms with Crippen molar-refractivity contribution in [3.63, 3.8) is 0 Å². The molecule has 1 aromatic carbocycles. The van der Waals surface area contributed by atoms with E-state index >= 15 is 0 Å². The second-order valence-corrected chi connectivity index (χ2v) is 5.99. The van der Waals surface area contributed by atoms with Crippen LogP contribution in [0.5, 0.6) is 0 Å². The van der Waals surface area contributed by atoms with Gasteiger partial charge in [-0.05, 0) is 37.1 Å². The summed E-state index contributed by atoms with van der Waals surface area (Å²) >= 11 is 0. The fourth-order valence-electron chi connectivity index (χ4n) is 1.49. The first-order valence-electron chi connectivity index (χ1n) is 6.33. The van der Waals surface area contributed by atoms with Gasteiger partial charge in [0.15, 0.2) is 0 Å². The number of benzene rings is 1. The summed E-state index contributed by atoms with van der Waals surface area (Å²) in [5, 5.41) is 5.01. The van der Waals surface area contributed by atoms with Crippen molar-refractivity contribution in [3.05, 3.63) is 35.4 Å². The molecule has 0 atom stereocenters. The van der Waals surface area contributed by atoms with Crippen molar-refractivity contribution in [2.45, 2.75) is 31.6 Å². The van der Waals surface area contributed by atoms with Crippen molar-refractivity contribution in [2.24, 2.45) is 5.14 Å². The molecule has 110 valence electrons. The number of unbranched alkanes of at least 4 members (excludes halogenated alkanes) is 1. The van der Waals surface area contributed by atoms with Gasteiger partial charge in [-0.3, -0.25) is 0 Å². The molecule has 6 heteroatoms. The molecule has 0 aliphatic heterocycles. The van der Waals surface area contributed by atoms with Crippen LogP contribution in [0.3, 0.4) is 0 Å². The van der Waals surface area contributed by atoms with Gasteiger partial charge in [0.1, 0.15) is 0 Å². The first kappa shape index (κ1) is 16.4. The Balaban J connectivity index is 2.76. The number of carbonyl (C=O) groups excluding carboxylic acids is 1. The van der Waals surface area contributed by atoms with Crippen LogP contribution >= 0.6 is 0 Å². The van der Waals surface area contributed by atoms with Gasteiger partial charge in [-0.25, -0.2) is 18.4 Å². The van der Waals surface area contributed by atoms with E-state index < -0.39 is 10.0 Å². The molecule has 0 aromatic heterocycles. The smallest absolute Gasteiger partial charge is 0.333 e. The van der Waals surface area contributed by atoms with Crippen LogP contribution in [0.2, 0.25) is 0 Å². The van der Waals surface area contributed by atoms with Crippen LogP contribution in [0.15, 0.2) is 34.7 Å². The van der Waals surface area contributed by atoms with Crippen molar-refractivity contribution >= 4 is 22.1 Å². The Kier molecular flexibility index (Phi) is 5.91. The van der Waals surface area contributed by atoms with Crippen LogP contribution in [0.4, 0.5) is 0 Å². The number of hydrogen-bond donors (Lipinski definition) is 1. The summed E-state index contributed by atoms with van der Waals surface area (Å²) in [5.74, 6) is -0.367. The van der Waals surface area contributed by atoms with E-state index in [0.29, 0.717) is 17.7 Å². The molecule has 0 amide bonds. The molecule has 0 spiro atoms. The van der Waals surface area contributed by atoms with Crippen LogP contribution in [0.1, 0.15) is 32.3 Å². The van der Waals surface area contributed by atoms with E-state index in [1.165, 1.54) is 12.1 Å². The van der Waals surface area contributed by atoms with E-state index in [9.17, 15) is 13.2 Å². The molecule has 0 fully saturated rings. The Bertz CT molecular complexity index is 588. The number of ether oxygens (including phenoxy) is 1. The minimum absolute atomic E-state index is 0.0397. The monoisotopic (exact) mass is 297 g/mol. The molecule has 5 nitrogen and oxygen atoms in total. The second kappa shape index (κ2) is 7.21. The van der Waals surface area contributed by atoms with Gasteiger partial charge >= 0.3 is 5.97 Å². The molecular weight excluding hydrogens is 278 g/mol. The summed E-state index contributed by atoms with van der Waals surface area (Å²) in [6.07, 6.45) is 3.44. The number of nitrogens with two attached hydrogens (primary N) is 1. The predicted molar refractivity (Wildman–Crippen MR) is 77.3 cm³/mol. The van der Waals surface area contributed by atoms with Gasteiger partial charge in [-0.2, -0.15) is 0 Å². The number of esters is 1. The number of hydrogen-bond acceptors (Lipinski definition) is 4. The SMILES string of the molecule is CCCCOC(=O)C(C)=Cc1ccc(S(N)(=O)=O)cc1. The maximum atomic E-state index is 11.6. The van der Waals surface area contributed by atoms with E-state index in [2.05, 4.69) is 0 Å². The zero-order chi connectivity index (χ0) is 15.2. The summed E-state index contributed by atoms with van der Waals surface area (Å²) < 4.78 is 27.3. The maximum Gasteiger partial charge on any atom is 0.333 e. The maximum absolute atomic E-state index is 11.6. The summed E-state index contributed by atoms with van der Waals surface area (Å²) in [4.78, 5) is 11.7. The zero-order valence-corrected chi connectivity index (χ0v) is 12.4. The lowest BCUT2D eigenvalue weighted by molar-refractivity contribution is -0.138. The number of rotatable bonds is 6. The molecule has 2 N–H and O–H groups in total. The normalized spacial score (nSPS) is 12.2. The van der Waals surface area contributed by atoms with Crippen molar-refractivity contribution in [2.75, 3.05) is 6.61 Å². The zero-order valence-electron chi connectivity index (χ0n) is 11.6. The van der Waals surface area contributed by atoms with Crippen molar-refractivity contribution in [1.82, 2.24) is 0 Å². The Labute approximate surface area is 119 Å². The predicted octanol–water partition coefficient (Wildman–Crippen LogP) is 2.08. The number of primary sulfonamides is 1. The van der Waals surface area contributed by atoms with Gasteiger partial charge in [-0.1, -0.05) is 25.5 Å². The highest BCUT2D eigenvalue weighted by atomic mass is 32.2. The standard InChI is InChI=1S/C14H19NO4S/c1-3-4-9-19-14(16)11(2)10-12-5-7-13(8-6-12)20(15,17)18/h5-8,10H,3-4,9H2,1-2H3,(H2,15,17,18). The topological polar surface area (TPSA) is 86.5 Å². The fraction of sp³-hybridized carbons (Fsp3) is 0.357. The lowest BCUT2D eigenvalue weighted by Crippen LogP contribution is -2.11. The molecule has 0 bridgehead atoms. The Morgan fingerprint density at radius 2 is 1.90 bits per heavy atom. The van der Waals surface area contributed by atoms with Crippen molar-refractivity contribution in [3.8, 4) is 0 Å². The molecule has 0 saturated heterocycles. The fourth-order valence-corrected chi connectivity index (χ4v) is 2.00. The lowest BCUT2D eigenvalue weighted by atomic mass is 10.1. The Hall–Kier alpha value is -1.66. The van der Waals surface area contributed by atoms with E-state index in [1.54, 1.807) is 25.1 Å². The van der Waals surface area contributed by atoms with Gasteiger partial charge < -0.3 is 4.74 Å². The largest absolute Gasteiger partial charge is 0.462 e. The molecule has 0 saturated carbocycles. The average molecular weight is 297 g/mol. The van der Waals surface area contributed by atoms with E-state index in [1.807, 2.05) is 6.92 Å². The molecule has 0 aliphatic rings. The molecular formula is C14H19NO4S. The molecule has 20 heavy (non-hydrogen) atoms. The second-order valence-electron chi connectivity index (χ2n) is 4.43. The molecule has 1 rings (SSSR count). The lowest BCUT2D eigenvalue weighted by Gasteiger charge is -2.04. The van der Waals surface area contributed by atoms with Gasteiger partial charge in [0, 0.05) is 5.57 Å². The Morgan fingerprint density at radius 1 is 1.30 bits per heavy atom.